The highest BCUT2D eigenvalue weighted by Gasteiger charge is 2.27. The van der Waals surface area contributed by atoms with Crippen LogP contribution in [0.2, 0.25) is 5.02 Å². The van der Waals surface area contributed by atoms with Crippen molar-refractivity contribution >= 4 is 17.6 Å². The molecule has 1 atom stereocenters. The van der Waals surface area contributed by atoms with Crippen molar-refractivity contribution in [3.05, 3.63) is 34.6 Å². The van der Waals surface area contributed by atoms with Gasteiger partial charge in [0.05, 0.1) is 12.6 Å². The number of hydrogen-bond donors (Lipinski definition) is 1. The van der Waals surface area contributed by atoms with Gasteiger partial charge in [-0.25, -0.2) is 4.39 Å². The number of hydrogen-bond acceptors (Lipinski definition) is 3. The van der Waals surface area contributed by atoms with E-state index < -0.39 is 0 Å². The molecule has 0 fully saturated rings. The van der Waals surface area contributed by atoms with Crippen LogP contribution in [0.25, 0.3) is 0 Å². The smallest absolute Gasteiger partial charge is 0.191 e. The van der Waals surface area contributed by atoms with E-state index in [1.165, 1.54) is 12.1 Å². The number of aliphatic imine (C=N–C) groups is 1. The summed E-state index contributed by atoms with van der Waals surface area (Å²) in [5.74, 6) is 0.201. The van der Waals surface area contributed by atoms with Crippen molar-refractivity contribution in [2.75, 3.05) is 13.1 Å². The average molecular weight is 256 g/mol. The summed E-state index contributed by atoms with van der Waals surface area (Å²) < 4.78 is 13.3. The fourth-order valence-corrected chi connectivity index (χ4v) is 2.32. The van der Waals surface area contributed by atoms with E-state index in [0.29, 0.717) is 17.5 Å². The standard InChI is InChI=1S/C12H15ClFN3/c1-2-3-17-11(7-16-12(17)15)8-4-9(13)6-10(14)5-8/h4-6,11H,2-3,7H2,1H3,(H2,15,16). The normalized spacial score (nSPS) is 19.6. The molecule has 3 nitrogen and oxygen atoms in total. The van der Waals surface area contributed by atoms with Crippen LogP contribution in [0, 0.1) is 5.82 Å². The number of rotatable bonds is 3. The second-order valence-corrected chi connectivity index (χ2v) is 4.55. The quantitative estimate of drug-likeness (QED) is 0.902. The lowest BCUT2D eigenvalue weighted by molar-refractivity contribution is 0.346. The maximum Gasteiger partial charge on any atom is 0.191 e. The van der Waals surface area contributed by atoms with Gasteiger partial charge in [0, 0.05) is 11.6 Å². The van der Waals surface area contributed by atoms with Gasteiger partial charge in [0.2, 0.25) is 0 Å². The zero-order valence-corrected chi connectivity index (χ0v) is 10.4. The Kier molecular flexibility index (Phi) is 3.52. The molecule has 1 heterocycles. The number of nitrogens with zero attached hydrogens (tertiary/aromatic N) is 2. The van der Waals surface area contributed by atoms with Crippen LogP contribution in [0.5, 0.6) is 0 Å². The summed E-state index contributed by atoms with van der Waals surface area (Å²) in [6.45, 7) is 3.45. The summed E-state index contributed by atoms with van der Waals surface area (Å²) in [6, 6.07) is 4.57. The van der Waals surface area contributed by atoms with Crippen LogP contribution in [0.3, 0.4) is 0 Å². The van der Waals surface area contributed by atoms with Gasteiger partial charge < -0.3 is 10.6 Å². The van der Waals surface area contributed by atoms with Crippen molar-refractivity contribution < 1.29 is 4.39 Å². The third-order valence-electron chi connectivity index (χ3n) is 2.83. The largest absolute Gasteiger partial charge is 0.370 e. The third kappa shape index (κ3) is 2.52. The Bertz CT molecular complexity index is 427. The number of benzene rings is 1. The van der Waals surface area contributed by atoms with Gasteiger partial charge in [-0.15, -0.1) is 0 Å². The van der Waals surface area contributed by atoms with E-state index in [0.717, 1.165) is 18.5 Å². The molecule has 2 rings (SSSR count). The molecule has 1 aromatic carbocycles. The summed E-state index contributed by atoms with van der Waals surface area (Å²) in [4.78, 5) is 6.20. The predicted molar refractivity (Wildman–Crippen MR) is 67.6 cm³/mol. The summed E-state index contributed by atoms with van der Waals surface area (Å²) in [5.41, 5.74) is 6.64. The van der Waals surface area contributed by atoms with Crippen LogP contribution in [-0.4, -0.2) is 23.9 Å². The number of guanidine groups is 1. The Hall–Kier alpha value is -1.29. The first kappa shape index (κ1) is 12.2. The van der Waals surface area contributed by atoms with Crippen LogP contribution in [0.1, 0.15) is 24.9 Å². The van der Waals surface area contributed by atoms with Gasteiger partial charge in [-0.3, -0.25) is 4.99 Å². The molecule has 0 radical (unpaired) electrons. The van der Waals surface area contributed by atoms with Gasteiger partial charge in [0.25, 0.3) is 0 Å². The molecule has 0 amide bonds. The van der Waals surface area contributed by atoms with Gasteiger partial charge in [0.1, 0.15) is 5.82 Å². The molecular formula is C12H15ClFN3. The highest BCUT2D eigenvalue weighted by atomic mass is 35.5. The van der Waals surface area contributed by atoms with Crippen molar-refractivity contribution in [1.82, 2.24) is 4.90 Å². The van der Waals surface area contributed by atoms with Crippen LogP contribution in [-0.2, 0) is 0 Å². The van der Waals surface area contributed by atoms with Gasteiger partial charge in [-0.2, -0.15) is 0 Å². The van der Waals surface area contributed by atoms with E-state index in [-0.39, 0.29) is 11.9 Å². The van der Waals surface area contributed by atoms with Gasteiger partial charge in [0.15, 0.2) is 5.96 Å². The predicted octanol–water partition coefficient (Wildman–Crippen LogP) is 2.56. The van der Waals surface area contributed by atoms with E-state index >= 15 is 0 Å². The van der Waals surface area contributed by atoms with Gasteiger partial charge >= 0.3 is 0 Å². The SMILES string of the molecule is CCCN1C(N)=NCC1c1cc(F)cc(Cl)c1. The van der Waals surface area contributed by atoms with Crippen LogP contribution < -0.4 is 5.73 Å². The Morgan fingerprint density at radius 3 is 2.94 bits per heavy atom. The molecule has 17 heavy (non-hydrogen) atoms. The zero-order valence-electron chi connectivity index (χ0n) is 9.66. The molecular weight excluding hydrogens is 241 g/mol. The monoisotopic (exact) mass is 255 g/mol. The molecule has 1 aliphatic heterocycles. The molecule has 0 aromatic heterocycles. The Morgan fingerprint density at radius 2 is 2.29 bits per heavy atom. The Morgan fingerprint density at radius 1 is 1.53 bits per heavy atom. The molecule has 0 saturated heterocycles. The molecule has 1 aliphatic rings. The lowest BCUT2D eigenvalue weighted by atomic mass is 10.1. The maximum absolute atomic E-state index is 13.3. The molecule has 0 aliphatic carbocycles. The first-order chi connectivity index (χ1) is 8.11. The van der Waals surface area contributed by atoms with E-state index in [4.69, 9.17) is 17.3 Å². The highest BCUT2D eigenvalue weighted by Crippen LogP contribution is 2.28. The minimum atomic E-state index is -0.325. The molecule has 1 aromatic rings. The number of halogens is 2. The summed E-state index contributed by atoms with van der Waals surface area (Å²) in [6.07, 6.45) is 0.968. The molecule has 5 heteroatoms. The lowest BCUT2D eigenvalue weighted by Gasteiger charge is -2.26. The zero-order chi connectivity index (χ0) is 12.4. The molecule has 2 N–H and O–H groups in total. The molecule has 1 unspecified atom stereocenters. The lowest BCUT2D eigenvalue weighted by Crippen LogP contribution is -2.36. The highest BCUT2D eigenvalue weighted by molar-refractivity contribution is 6.30. The molecule has 92 valence electrons. The van der Waals surface area contributed by atoms with E-state index in [2.05, 4.69) is 11.9 Å². The fraction of sp³-hybridized carbons (Fsp3) is 0.417. The van der Waals surface area contributed by atoms with Crippen molar-refractivity contribution in [3.63, 3.8) is 0 Å². The molecule has 0 spiro atoms. The summed E-state index contributed by atoms with van der Waals surface area (Å²) >= 11 is 5.86. The van der Waals surface area contributed by atoms with Crippen molar-refractivity contribution in [1.29, 1.82) is 0 Å². The first-order valence-corrected chi connectivity index (χ1v) is 6.02. The van der Waals surface area contributed by atoms with Gasteiger partial charge in [-0.05, 0) is 30.2 Å². The van der Waals surface area contributed by atoms with E-state index in [1.54, 1.807) is 6.07 Å². The third-order valence-corrected chi connectivity index (χ3v) is 3.05. The Balaban J connectivity index is 2.27. The van der Waals surface area contributed by atoms with Crippen molar-refractivity contribution in [2.45, 2.75) is 19.4 Å². The second kappa shape index (κ2) is 4.92. The van der Waals surface area contributed by atoms with Gasteiger partial charge in [-0.1, -0.05) is 18.5 Å². The second-order valence-electron chi connectivity index (χ2n) is 4.11. The molecule has 0 bridgehead atoms. The topological polar surface area (TPSA) is 41.6 Å². The summed E-state index contributed by atoms with van der Waals surface area (Å²) in [5, 5.41) is 0.405. The van der Waals surface area contributed by atoms with Crippen molar-refractivity contribution in [3.8, 4) is 0 Å². The average Bonchev–Trinajstić information content (AvgIpc) is 2.60. The number of nitrogens with two attached hydrogens (primary N) is 1. The van der Waals surface area contributed by atoms with Crippen molar-refractivity contribution in [2.24, 2.45) is 10.7 Å². The van der Waals surface area contributed by atoms with E-state index in [9.17, 15) is 4.39 Å². The van der Waals surface area contributed by atoms with E-state index in [1.807, 2.05) is 4.90 Å². The molecule has 0 saturated carbocycles. The van der Waals surface area contributed by atoms with Crippen LogP contribution in [0.4, 0.5) is 4.39 Å². The minimum absolute atomic E-state index is 0.00292. The fourth-order valence-electron chi connectivity index (χ4n) is 2.09. The maximum atomic E-state index is 13.3. The Labute approximate surface area is 105 Å². The van der Waals surface area contributed by atoms with Crippen LogP contribution >= 0.6 is 11.6 Å². The minimum Gasteiger partial charge on any atom is -0.370 e. The van der Waals surface area contributed by atoms with Crippen LogP contribution in [0.15, 0.2) is 23.2 Å². The summed E-state index contributed by atoms with van der Waals surface area (Å²) in [7, 11) is 0. The first-order valence-electron chi connectivity index (χ1n) is 5.64.